The zero-order valence-corrected chi connectivity index (χ0v) is 10.2. The lowest BCUT2D eigenvalue weighted by molar-refractivity contribution is 0.353. The van der Waals surface area contributed by atoms with Gasteiger partial charge in [0.05, 0.1) is 19.8 Å². The molecule has 0 aliphatic carbocycles. The number of hydrogen-bond donors (Lipinski definition) is 0. The molecule has 0 aliphatic rings. The lowest BCUT2D eigenvalue weighted by Crippen LogP contribution is -1.97. The molecule has 0 atom stereocenters. The van der Waals surface area contributed by atoms with Crippen molar-refractivity contribution in [3.63, 3.8) is 0 Å². The summed E-state index contributed by atoms with van der Waals surface area (Å²) in [5, 5.41) is 0. The molecule has 1 aromatic carbocycles. The molecule has 4 heteroatoms. The third-order valence-corrected chi connectivity index (χ3v) is 2.45. The number of ether oxygens (including phenoxy) is 2. The van der Waals surface area contributed by atoms with Gasteiger partial charge in [0, 0.05) is 11.8 Å². The standard InChI is InChI=1S/C14H12N2O2/c1-4-10-6-5-7-11(8-10)12-9-15-14(18-3)16-13(12)17-2/h1,5-9H,2-3H3. The van der Waals surface area contributed by atoms with Crippen molar-refractivity contribution in [2.75, 3.05) is 14.2 Å². The maximum absolute atomic E-state index is 5.38. The van der Waals surface area contributed by atoms with Crippen LogP contribution in [0.3, 0.4) is 0 Å². The van der Waals surface area contributed by atoms with Crippen molar-refractivity contribution < 1.29 is 9.47 Å². The van der Waals surface area contributed by atoms with Gasteiger partial charge >= 0.3 is 6.01 Å². The van der Waals surface area contributed by atoms with Gasteiger partial charge < -0.3 is 9.47 Å². The van der Waals surface area contributed by atoms with Crippen molar-refractivity contribution >= 4 is 0 Å². The molecular formula is C14H12N2O2. The highest BCUT2D eigenvalue weighted by atomic mass is 16.5. The highest BCUT2D eigenvalue weighted by molar-refractivity contribution is 5.69. The number of aromatic nitrogens is 2. The third-order valence-electron chi connectivity index (χ3n) is 2.45. The minimum Gasteiger partial charge on any atom is -0.480 e. The molecule has 4 nitrogen and oxygen atoms in total. The Balaban J connectivity index is 2.53. The molecular weight excluding hydrogens is 228 g/mol. The minimum atomic E-state index is 0.267. The van der Waals surface area contributed by atoms with E-state index < -0.39 is 0 Å². The summed E-state index contributed by atoms with van der Waals surface area (Å²) in [4.78, 5) is 8.21. The zero-order valence-electron chi connectivity index (χ0n) is 10.2. The molecule has 0 fully saturated rings. The Hall–Kier alpha value is -2.54. The Morgan fingerprint density at radius 1 is 1.22 bits per heavy atom. The summed E-state index contributed by atoms with van der Waals surface area (Å²) in [6.45, 7) is 0. The fraction of sp³-hybridized carbons (Fsp3) is 0.143. The average Bonchev–Trinajstić information content (AvgIpc) is 2.46. The molecule has 0 unspecified atom stereocenters. The molecule has 90 valence electrons. The molecule has 2 aromatic rings. The van der Waals surface area contributed by atoms with Crippen molar-refractivity contribution in [3.05, 3.63) is 36.0 Å². The van der Waals surface area contributed by atoms with E-state index in [0.717, 1.165) is 16.7 Å². The first-order chi connectivity index (χ1) is 8.78. The van der Waals surface area contributed by atoms with Crippen molar-refractivity contribution in [1.29, 1.82) is 0 Å². The van der Waals surface area contributed by atoms with E-state index in [4.69, 9.17) is 15.9 Å². The lowest BCUT2D eigenvalue weighted by Gasteiger charge is -2.08. The van der Waals surface area contributed by atoms with Gasteiger partial charge in [-0.15, -0.1) is 6.42 Å². The smallest absolute Gasteiger partial charge is 0.319 e. The lowest BCUT2D eigenvalue weighted by atomic mass is 10.1. The number of terminal acetylenes is 1. The Morgan fingerprint density at radius 2 is 2.06 bits per heavy atom. The van der Waals surface area contributed by atoms with Gasteiger partial charge in [-0.05, 0) is 17.7 Å². The van der Waals surface area contributed by atoms with Gasteiger partial charge in [0.2, 0.25) is 5.88 Å². The summed E-state index contributed by atoms with van der Waals surface area (Å²) in [5.41, 5.74) is 2.48. The number of hydrogen-bond acceptors (Lipinski definition) is 4. The SMILES string of the molecule is C#Cc1cccc(-c2cnc(OC)nc2OC)c1. The summed E-state index contributed by atoms with van der Waals surface area (Å²) in [6.07, 6.45) is 7.03. The molecule has 1 heterocycles. The normalized spacial score (nSPS) is 9.61. The van der Waals surface area contributed by atoms with E-state index in [-0.39, 0.29) is 6.01 Å². The van der Waals surface area contributed by atoms with Crippen LogP contribution in [-0.2, 0) is 0 Å². The van der Waals surface area contributed by atoms with Crippen LogP contribution in [0.15, 0.2) is 30.5 Å². The molecule has 0 bridgehead atoms. The molecule has 0 saturated heterocycles. The van der Waals surface area contributed by atoms with Crippen LogP contribution in [0.4, 0.5) is 0 Å². The maximum Gasteiger partial charge on any atom is 0.319 e. The van der Waals surface area contributed by atoms with Gasteiger partial charge in [-0.2, -0.15) is 4.98 Å². The second-order valence-electron chi connectivity index (χ2n) is 3.50. The molecule has 0 radical (unpaired) electrons. The van der Waals surface area contributed by atoms with Crippen LogP contribution in [0.5, 0.6) is 11.9 Å². The number of rotatable bonds is 3. The van der Waals surface area contributed by atoms with Gasteiger partial charge in [-0.1, -0.05) is 18.1 Å². The van der Waals surface area contributed by atoms with Crippen LogP contribution in [0.2, 0.25) is 0 Å². The van der Waals surface area contributed by atoms with Gasteiger partial charge in [0.15, 0.2) is 0 Å². The van der Waals surface area contributed by atoms with Crippen LogP contribution in [0, 0.1) is 12.3 Å². The Bertz CT molecular complexity index is 603. The predicted octanol–water partition coefficient (Wildman–Crippen LogP) is 2.14. The Kier molecular flexibility index (Phi) is 3.44. The minimum absolute atomic E-state index is 0.267. The first-order valence-electron chi connectivity index (χ1n) is 5.30. The highest BCUT2D eigenvalue weighted by Crippen LogP contribution is 2.29. The third kappa shape index (κ3) is 2.25. The van der Waals surface area contributed by atoms with Crippen LogP contribution in [0.25, 0.3) is 11.1 Å². The summed E-state index contributed by atoms with van der Waals surface area (Å²) < 4.78 is 10.2. The summed E-state index contributed by atoms with van der Waals surface area (Å²) in [7, 11) is 3.06. The van der Waals surface area contributed by atoms with Crippen LogP contribution in [-0.4, -0.2) is 24.2 Å². The van der Waals surface area contributed by atoms with Crippen molar-refractivity contribution in [1.82, 2.24) is 9.97 Å². The average molecular weight is 240 g/mol. The second kappa shape index (κ2) is 5.19. The molecule has 2 rings (SSSR count). The number of nitrogens with zero attached hydrogens (tertiary/aromatic N) is 2. The topological polar surface area (TPSA) is 44.2 Å². The molecule has 1 aromatic heterocycles. The molecule has 0 aliphatic heterocycles. The van der Waals surface area contributed by atoms with E-state index in [1.54, 1.807) is 13.3 Å². The first-order valence-corrected chi connectivity index (χ1v) is 5.30. The van der Waals surface area contributed by atoms with E-state index in [1.165, 1.54) is 7.11 Å². The number of methoxy groups -OCH3 is 2. The van der Waals surface area contributed by atoms with Crippen LogP contribution < -0.4 is 9.47 Å². The molecule has 18 heavy (non-hydrogen) atoms. The fourth-order valence-corrected chi connectivity index (χ4v) is 1.58. The van der Waals surface area contributed by atoms with Crippen LogP contribution in [0.1, 0.15) is 5.56 Å². The largest absolute Gasteiger partial charge is 0.480 e. The highest BCUT2D eigenvalue weighted by Gasteiger charge is 2.10. The van der Waals surface area contributed by atoms with Crippen molar-refractivity contribution in [3.8, 4) is 35.4 Å². The van der Waals surface area contributed by atoms with Gasteiger partial charge in [0.1, 0.15) is 0 Å². The summed E-state index contributed by atoms with van der Waals surface area (Å²) in [6, 6.07) is 7.82. The van der Waals surface area contributed by atoms with Crippen molar-refractivity contribution in [2.24, 2.45) is 0 Å². The van der Waals surface area contributed by atoms with E-state index >= 15 is 0 Å². The fourth-order valence-electron chi connectivity index (χ4n) is 1.58. The van der Waals surface area contributed by atoms with Gasteiger partial charge in [-0.3, -0.25) is 0 Å². The van der Waals surface area contributed by atoms with Crippen molar-refractivity contribution in [2.45, 2.75) is 0 Å². The quantitative estimate of drug-likeness (QED) is 0.771. The van der Waals surface area contributed by atoms with E-state index in [0.29, 0.717) is 5.88 Å². The summed E-state index contributed by atoms with van der Waals surface area (Å²) in [5.74, 6) is 3.05. The first kappa shape index (κ1) is 11.9. The number of benzene rings is 1. The summed E-state index contributed by atoms with van der Waals surface area (Å²) >= 11 is 0. The predicted molar refractivity (Wildman–Crippen MR) is 68.5 cm³/mol. The monoisotopic (exact) mass is 240 g/mol. The van der Waals surface area contributed by atoms with Gasteiger partial charge in [-0.25, -0.2) is 4.98 Å². The molecule has 0 saturated carbocycles. The molecule has 0 N–H and O–H groups in total. The van der Waals surface area contributed by atoms with Gasteiger partial charge in [0.25, 0.3) is 0 Å². The molecule has 0 spiro atoms. The van der Waals surface area contributed by atoms with E-state index in [2.05, 4.69) is 15.9 Å². The molecule has 0 amide bonds. The van der Waals surface area contributed by atoms with E-state index in [1.807, 2.05) is 24.3 Å². The van der Waals surface area contributed by atoms with Crippen LogP contribution >= 0.6 is 0 Å². The second-order valence-corrected chi connectivity index (χ2v) is 3.50. The zero-order chi connectivity index (χ0) is 13.0. The van der Waals surface area contributed by atoms with E-state index in [9.17, 15) is 0 Å². The Labute approximate surface area is 106 Å². The Morgan fingerprint density at radius 3 is 2.72 bits per heavy atom. The maximum atomic E-state index is 5.38.